The number of rotatable bonds is 11. The van der Waals surface area contributed by atoms with E-state index in [0.717, 1.165) is 39.3 Å². The van der Waals surface area contributed by atoms with Gasteiger partial charge in [-0.3, -0.25) is 4.79 Å². The molecule has 0 unspecified atom stereocenters. The summed E-state index contributed by atoms with van der Waals surface area (Å²) < 4.78 is 26.6. The number of anilines is 1. The van der Waals surface area contributed by atoms with Crippen LogP contribution in [-0.2, 0) is 17.6 Å². The van der Waals surface area contributed by atoms with Crippen molar-refractivity contribution in [1.82, 2.24) is 20.1 Å². The van der Waals surface area contributed by atoms with Crippen molar-refractivity contribution < 1.29 is 18.3 Å². The summed E-state index contributed by atoms with van der Waals surface area (Å²) >= 11 is 1.57. The molecule has 3 aromatic carbocycles. The summed E-state index contributed by atoms with van der Waals surface area (Å²) in [6.07, 6.45) is 1.03. The standard InChI is InChI=1S/C29H28FN5O3S/c1-35(2)13-6-14-37-24-12-10-21(16-22(24)30)31-26(36)17-27-33-34-28(38-27)18-29-32-23-11-9-20(15-25(23)39-29)19-7-4-3-5-8-19/h3-5,7-12,15-16H,6,13-14,17-18H2,1-2H3,(H,31,36). The normalized spacial score (nSPS) is 11.3. The Hall–Kier alpha value is -4.15. The number of carbonyl (C=O) groups excluding carboxylic acids is 1. The molecule has 0 saturated carbocycles. The molecule has 1 N–H and O–H groups in total. The van der Waals surface area contributed by atoms with Crippen molar-refractivity contribution >= 4 is 33.1 Å². The van der Waals surface area contributed by atoms with Crippen LogP contribution in [0.4, 0.5) is 10.1 Å². The highest BCUT2D eigenvalue weighted by Gasteiger charge is 2.15. The molecule has 0 aliphatic heterocycles. The largest absolute Gasteiger partial charge is 0.490 e. The van der Waals surface area contributed by atoms with Gasteiger partial charge in [0, 0.05) is 18.3 Å². The Kier molecular flexibility index (Phi) is 8.24. The molecule has 200 valence electrons. The van der Waals surface area contributed by atoms with Crippen LogP contribution in [0.15, 0.2) is 71.1 Å². The molecule has 0 aliphatic carbocycles. The van der Waals surface area contributed by atoms with Gasteiger partial charge in [-0.1, -0.05) is 36.4 Å². The van der Waals surface area contributed by atoms with E-state index in [0.29, 0.717) is 24.6 Å². The number of aromatic nitrogens is 3. The number of fused-ring (bicyclic) bond motifs is 1. The minimum absolute atomic E-state index is 0.127. The Labute approximate surface area is 229 Å². The van der Waals surface area contributed by atoms with Crippen molar-refractivity contribution in [1.29, 1.82) is 0 Å². The second kappa shape index (κ2) is 12.1. The number of halogens is 1. The Bertz CT molecular complexity index is 1570. The van der Waals surface area contributed by atoms with Gasteiger partial charge in [0.15, 0.2) is 11.6 Å². The smallest absolute Gasteiger partial charge is 0.233 e. The second-order valence-corrected chi connectivity index (χ2v) is 10.4. The zero-order valence-electron chi connectivity index (χ0n) is 21.7. The molecule has 0 radical (unpaired) electrons. The van der Waals surface area contributed by atoms with Crippen LogP contribution in [0.5, 0.6) is 5.75 Å². The van der Waals surface area contributed by atoms with E-state index in [4.69, 9.17) is 9.15 Å². The van der Waals surface area contributed by atoms with Crippen molar-refractivity contribution in [3.8, 4) is 16.9 Å². The van der Waals surface area contributed by atoms with E-state index >= 15 is 0 Å². The first-order chi connectivity index (χ1) is 18.9. The first kappa shape index (κ1) is 26.5. The Morgan fingerprint density at radius 2 is 1.85 bits per heavy atom. The molecule has 0 saturated heterocycles. The van der Waals surface area contributed by atoms with Crippen LogP contribution >= 0.6 is 11.3 Å². The minimum atomic E-state index is -0.538. The maximum atomic E-state index is 14.4. The van der Waals surface area contributed by atoms with Gasteiger partial charge in [0.1, 0.15) is 11.4 Å². The number of benzene rings is 3. The average molecular weight is 546 g/mol. The third-order valence-corrected chi connectivity index (χ3v) is 6.90. The number of hydrogen-bond donors (Lipinski definition) is 1. The number of nitrogens with one attached hydrogen (secondary N) is 1. The van der Waals surface area contributed by atoms with Gasteiger partial charge in [-0.05, 0) is 55.9 Å². The van der Waals surface area contributed by atoms with E-state index in [1.165, 1.54) is 12.1 Å². The lowest BCUT2D eigenvalue weighted by molar-refractivity contribution is -0.115. The molecule has 2 heterocycles. The molecule has 0 aliphatic rings. The van der Waals surface area contributed by atoms with Crippen molar-refractivity contribution in [3.05, 3.63) is 89.3 Å². The molecule has 0 atom stereocenters. The molecule has 5 aromatic rings. The second-order valence-electron chi connectivity index (χ2n) is 9.30. The molecule has 39 heavy (non-hydrogen) atoms. The Morgan fingerprint density at radius 1 is 1.03 bits per heavy atom. The number of amides is 1. The molecular formula is C29H28FN5O3S. The molecule has 0 spiro atoms. The van der Waals surface area contributed by atoms with Crippen LogP contribution in [0, 0.1) is 5.82 Å². The van der Waals surface area contributed by atoms with Crippen LogP contribution in [0.3, 0.4) is 0 Å². The summed E-state index contributed by atoms with van der Waals surface area (Å²) in [7, 11) is 3.94. The van der Waals surface area contributed by atoms with E-state index in [1.807, 2.05) is 43.3 Å². The van der Waals surface area contributed by atoms with Crippen molar-refractivity contribution in [2.75, 3.05) is 32.6 Å². The highest BCUT2D eigenvalue weighted by Crippen LogP contribution is 2.29. The highest BCUT2D eigenvalue weighted by molar-refractivity contribution is 7.18. The van der Waals surface area contributed by atoms with Gasteiger partial charge in [0.25, 0.3) is 0 Å². The number of hydrogen-bond acceptors (Lipinski definition) is 8. The maximum Gasteiger partial charge on any atom is 0.233 e. The number of thiazole rings is 1. The quantitative estimate of drug-likeness (QED) is 0.216. The van der Waals surface area contributed by atoms with Gasteiger partial charge in [-0.25, -0.2) is 9.37 Å². The fourth-order valence-corrected chi connectivity index (χ4v) is 5.02. The first-order valence-corrected chi connectivity index (χ1v) is 13.4. The zero-order chi connectivity index (χ0) is 27.2. The molecule has 8 nitrogen and oxygen atoms in total. The van der Waals surface area contributed by atoms with Crippen molar-refractivity contribution in [3.63, 3.8) is 0 Å². The molecule has 0 fully saturated rings. The van der Waals surface area contributed by atoms with Crippen LogP contribution in [0.1, 0.15) is 23.2 Å². The van der Waals surface area contributed by atoms with Gasteiger partial charge >= 0.3 is 0 Å². The van der Waals surface area contributed by atoms with Gasteiger partial charge in [0.2, 0.25) is 17.7 Å². The van der Waals surface area contributed by atoms with Gasteiger partial charge < -0.3 is 19.4 Å². The summed E-state index contributed by atoms with van der Waals surface area (Å²) in [6.45, 7) is 1.26. The Balaban J connectivity index is 1.15. The number of ether oxygens (including phenoxy) is 1. The zero-order valence-corrected chi connectivity index (χ0v) is 22.5. The predicted octanol–water partition coefficient (Wildman–Crippen LogP) is 5.59. The predicted molar refractivity (Wildman–Crippen MR) is 150 cm³/mol. The van der Waals surface area contributed by atoms with Crippen LogP contribution in [-0.4, -0.2) is 53.2 Å². The third kappa shape index (κ3) is 7.04. The van der Waals surface area contributed by atoms with Gasteiger partial charge in [-0.15, -0.1) is 21.5 Å². The molecular weight excluding hydrogens is 517 g/mol. The molecule has 1 amide bonds. The lowest BCUT2D eigenvalue weighted by Gasteiger charge is -2.11. The maximum absolute atomic E-state index is 14.4. The Morgan fingerprint density at radius 3 is 2.64 bits per heavy atom. The summed E-state index contributed by atoms with van der Waals surface area (Å²) in [6, 6.07) is 20.7. The van der Waals surface area contributed by atoms with E-state index in [2.05, 4.69) is 44.8 Å². The van der Waals surface area contributed by atoms with Crippen molar-refractivity contribution in [2.24, 2.45) is 0 Å². The first-order valence-electron chi connectivity index (χ1n) is 12.6. The summed E-state index contributed by atoms with van der Waals surface area (Å²) in [5.74, 6) is -0.222. The van der Waals surface area contributed by atoms with E-state index in [9.17, 15) is 9.18 Å². The average Bonchev–Trinajstić information content (AvgIpc) is 3.53. The van der Waals surface area contributed by atoms with E-state index in [1.54, 1.807) is 17.4 Å². The lowest BCUT2D eigenvalue weighted by Crippen LogP contribution is -2.16. The SMILES string of the molecule is CN(C)CCCOc1ccc(NC(=O)Cc2nnc(Cc3nc4ccc(-c5ccccc5)cc4s3)o2)cc1F. The third-order valence-electron chi connectivity index (χ3n) is 5.89. The van der Waals surface area contributed by atoms with Crippen LogP contribution < -0.4 is 10.1 Å². The summed E-state index contributed by atoms with van der Waals surface area (Å²) in [4.78, 5) is 19.2. The molecule has 2 aromatic heterocycles. The minimum Gasteiger partial charge on any atom is -0.490 e. The van der Waals surface area contributed by atoms with Crippen LogP contribution in [0.2, 0.25) is 0 Å². The van der Waals surface area contributed by atoms with E-state index < -0.39 is 11.7 Å². The summed E-state index contributed by atoms with van der Waals surface area (Å²) in [5.41, 5.74) is 3.51. The highest BCUT2D eigenvalue weighted by atomic mass is 32.1. The summed E-state index contributed by atoms with van der Waals surface area (Å²) in [5, 5.41) is 11.6. The van der Waals surface area contributed by atoms with Gasteiger partial charge in [-0.2, -0.15) is 0 Å². The lowest BCUT2D eigenvalue weighted by atomic mass is 10.1. The monoisotopic (exact) mass is 545 g/mol. The van der Waals surface area contributed by atoms with Gasteiger partial charge in [0.05, 0.1) is 23.2 Å². The fourth-order valence-electron chi connectivity index (χ4n) is 4.02. The van der Waals surface area contributed by atoms with E-state index in [-0.39, 0.29) is 18.1 Å². The van der Waals surface area contributed by atoms with Crippen molar-refractivity contribution in [2.45, 2.75) is 19.3 Å². The number of nitrogens with zero attached hydrogens (tertiary/aromatic N) is 4. The molecule has 10 heteroatoms. The number of carbonyl (C=O) groups is 1. The molecule has 5 rings (SSSR count). The topological polar surface area (TPSA) is 93.4 Å². The fraction of sp³-hybridized carbons (Fsp3) is 0.241. The molecule has 0 bridgehead atoms. The van der Waals surface area contributed by atoms with Crippen LogP contribution in [0.25, 0.3) is 21.3 Å².